The molecule has 0 radical (unpaired) electrons. The van der Waals surface area contributed by atoms with Crippen LogP contribution in [0.25, 0.3) is 0 Å². The molecule has 0 spiro atoms. The van der Waals surface area contributed by atoms with Crippen molar-refractivity contribution < 1.29 is 19.4 Å². The summed E-state index contributed by atoms with van der Waals surface area (Å²) >= 11 is 0. The number of carbonyl (C=O) groups excluding carboxylic acids is 1. The number of fused-ring (bicyclic) bond motifs is 1. The lowest BCUT2D eigenvalue weighted by Gasteiger charge is -2.28. The molecule has 1 saturated heterocycles. The summed E-state index contributed by atoms with van der Waals surface area (Å²) in [5.41, 5.74) is -0.576. The number of amides is 1. The van der Waals surface area contributed by atoms with Gasteiger partial charge in [-0.05, 0) is 39.5 Å². The summed E-state index contributed by atoms with van der Waals surface area (Å²) in [5, 5.41) is 9.02. The predicted molar refractivity (Wildman–Crippen MR) is 56.0 cm³/mol. The van der Waals surface area contributed by atoms with Gasteiger partial charge >= 0.3 is 12.1 Å². The number of likely N-dealkylation sites (tertiary alicyclic amines) is 1. The van der Waals surface area contributed by atoms with E-state index in [2.05, 4.69) is 0 Å². The Kier molecular flexibility index (Phi) is 2.36. The average molecular weight is 227 g/mol. The number of aliphatic carboxylic acids is 1. The maximum absolute atomic E-state index is 11.9. The third-order valence-corrected chi connectivity index (χ3v) is 2.99. The van der Waals surface area contributed by atoms with Crippen LogP contribution >= 0.6 is 0 Å². The van der Waals surface area contributed by atoms with E-state index >= 15 is 0 Å². The van der Waals surface area contributed by atoms with Crippen molar-refractivity contribution in [2.45, 2.75) is 51.3 Å². The van der Waals surface area contributed by atoms with Crippen LogP contribution in [0.15, 0.2) is 0 Å². The minimum Gasteiger partial charge on any atom is -0.480 e. The molecule has 0 unspecified atom stereocenters. The van der Waals surface area contributed by atoms with Gasteiger partial charge in [-0.3, -0.25) is 4.90 Å². The summed E-state index contributed by atoms with van der Waals surface area (Å²) < 4.78 is 5.22. The number of carboxylic acids is 1. The molecule has 5 nitrogen and oxygen atoms in total. The zero-order chi connectivity index (χ0) is 12.1. The third kappa shape index (κ3) is 1.99. The van der Waals surface area contributed by atoms with Crippen LogP contribution in [0.2, 0.25) is 0 Å². The number of carbonyl (C=O) groups is 2. The van der Waals surface area contributed by atoms with Crippen molar-refractivity contribution in [2.24, 2.45) is 5.92 Å². The summed E-state index contributed by atoms with van der Waals surface area (Å²) in [5.74, 6) is -0.563. The van der Waals surface area contributed by atoms with E-state index in [0.29, 0.717) is 12.3 Å². The number of carboxylic acid groups (broad SMARTS) is 1. The van der Waals surface area contributed by atoms with Gasteiger partial charge in [0.2, 0.25) is 0 Å². The molecule has 2 rings (SSSR count). The van der Waals surface area contributed by atoms with Crippen LogP contribution in [0, 0.1) is 5.92 Å². The van der Waals surface area contributed by atoms with E-state index in [1.807, 2.05) is 0 Å². The number of piperidine rings is 1. The number of nitrogens with zero attached hydrogens (tertiary/aromatic N) is 1. The minimum absolute atomic E-state index is 0.0935. The maximum Gasteiger partial charge on any atom is 0.411 e. The summed E-state index contributed by atoms with van der Waals surface area (Å²) in [6, 6.07) is -0.602. The highest BCUT2D eigenvalue weighted by Gasteiger charge is 2.57. The first-order chi connectivity index (χ1) is 7.29. The summed E-state index contributed by atoms with van der Waals surface area (Å²) in [6.07, 6.45) is 0.993. The molecule has 16 heavy (non-hydrogen) atoms. The molecule has 90 valence electrons. The van der Waals surface area contributed by atoms with Gasteiger partial charge in [-0.1, -0.05) is 0 Å². The molecule has 1 saturated carbocycles. The molecule has 0 aromatic heterocycles. The topological polar surface area (TPSA) is 66.8 Å². The number of hydrogen-bond donors (Lipinski definition) is 1. The highest BCUT2D eigenvalue weighted by Crippen LogP contribution is 2.48. The van der Waals surface area contributed by atoms with E-state index in [1.54, 1.807) is 20.8 Å². The zero-order valence-electron chi connectivity index (χ0n) is 9.77. The summed E-state index contributed by atoms with van der Waals surface area (Å²) in [7, 11) is 0. The Morgan fingerprint density at radius 1 is 1.31 bits per heavy atom. The molecule has 1 N–H and O–H groups in total. The lowest BCUT2D eigenvalue weighted by molar-refractivity contribution is -0.142. The van der Waals surface area contributed by atoms with Crippen LogP contribution in [0.5, 0.6) is 0 Å². The van der Waals surface area contributed by atoms with E-state index in [1.165, 1.54) is 4.90 Å². The Hall–Kier alpha value is -1.26. The van der Waals surface area contributed by atoms with Crippen LogP contribution in [0.1, 0.15) is 33.6 Å². The first-order valence-electron chi connectivity index (χ1n) is 5.54. The van der Waals surface area contributed by atoms with Gasteiger partial charge in [0.05, 0.1) is 0 Å². The van der Waals surface area contributed by atoms with Crippen LogP contribution in [-0.2, 0) is 9.53 Å². The van der Waals surface area contributed by atoms with E-state index in [-0.39, 0.29) is 6.04 Å². The van der Waals surface area contributed by atoms with Crippen molar-refractivity contribution in [1.82, 2.24) is 4.90 Å². The van der Waals surface area contributed by atoms with Gasteiger partial charge in [-0.25, -0.2) is 9.59 Å². The van der Waals surface area contributed by atoms with Crippen molar-refractivity contribution in [3.8, 4) is 0 Å². The second-order valence-corrected chi connectivity index (χ2v) is 5.54. The van der Waals surface area contributed by atoms with Crippen molar-refractivity contribution in [1.29, 1.82) is 0 Å². The zero-order valence-corrected chi connectivity index (χ0v) is 9.77. The molecule has 5 heteroatoms. The number of hydrogen-bond acceptors (Lipinski definition) is 3. The van der Waals surface area contributed by atoms with Crippen LogP contribution < -0.4 is 0 Å². The van der Waals surface area contributed by atoms with Gasteiger partial charge in [0, 0.05) is 6.04 Å². The molecule has 2 aliphatic rings. The van der Waals surface area contributed by atoms with E-state index in [4.69, 9.17) is 9.84 Å². The molecule has 2 fully saturated rings. The fourth-order valence-electron chi connectivity index (χ4n) is 2.25. The third-order valence-electron chi connectivity index (χ3n) is 2.99. The highest BCUT2D eigenvalue weighted by molar-refractivity contribution is 5.82. The average Bonchev–Trinajstić information content (AvgIpc) is 2.73. The molecular weight excluding hydrogens is 210 g/mol. The first-order valence-corrected chi connectivity index (χ1v) is 5.54. The fourth-order valence-corrected chi connectivity index (χ4v) is 2.25. The molecule has 1 aliphatic carbocycles. The minimum atomic E-state index is -0.932. The van der Waals surface area contributed by atoms with Crippen LogP contribution in [0.4, 0.5) is 4.79 Å². The monoisotopic (exact) mass is 227 g/mol. The predicted octanol–water partition coefficient (Wildman–Crippen LogP) is 1.47. The second-order valence-electron chi connectivity index (χ2n) is 5.54. The summed E-state index contributed by atoms with van der Waals surface area (Å²) in [6.45, 7) is 5.34. The molecule has 1 aliphatic heterocycles. The van der Waals surface area contributed by atoms with E-state index in [0.717, 1.165) is 6.42 Å². The van der Waals surface area contributed by atoms with Gasteiger partial charge in [0.25, 0.3) is 0 Å². The first kappa shape index (κ1) is 11.2. The summed E-state index contributed by atoms with van der Waals surface area (Å²) in [4.78, 5) is 24.3. The standard InChI is InChI=1S/C11H17NO4/c1-11(2,3)16-10(15)12-7-4-6(7)5-8(12)9(13)14/h6-8H,4-5H2,1-3H3,(H,13,14)/t6-,7-,8-/m1/s1. The second kappa shape index (κ2) is 3.37. The molecule has 1 amide bonds. The van der Waals surface area contributed by atoms with Gasteiger partial charge < -0.3 is 9.84 Å². The quantitative estimate of drug-likeness (QED) is 0.736. The number of rotatable bonds is 1. The van der Waals surface area contributed by atoms with Crippen molar-refractivity contribution in [3.05, 3.63) is 0 Å². The maximum atomic E-state index is 11.9. The lowest BCUT2D eigenvalue weighted by atomic mass is 10.2. The largest absolute Gasteiger partial charge is 0.480 e. The highest BCUT2D eigenvalue weighted by atomic mass is 16.6. The van der Waals surface area contributed by atoms with Gasteiger partial charge in [0.15, 0.2) is 0 Å². The van der Waals surface area contributed by atoms with Crippen molar-refractivity contribution >= 4 is 12.1 Å². The van der Waals surface area contributed by atoms with Gasteiger partial charge in [-0.15, -0.1) is 0 Å². The molecule has 1 heterocycles. The van der Waals surface area contributed by atoms with Crippen molar-refractivity contribution in [2.75, 3.05) is 0 Å². The Bertz CT molecular complexity index is 333. The molecule has 0 bridgehead atoms. The normalized spacial score (nSPS) is 32.2. The molecule has 3 atom stereocenters. The number of ether oxygens (including phenoxy) is 1. The smallest absolute Gasteiger partial charge is 0.411 e. The Balaban J connectivity index is 2.07. The SMILES string of the molecule is CC(C)(C)OC(=O)N1[C@@H](C(=O)O)C[C@H]2C[C@H]21. The fraction of sp³-hybridized carbons (Fsp3) is 0.818. The van der Waals surface area contributed by atoms with Crippen LogP contribution in [-0.4, -0.2) is 39.8 Å². The van der Waals surface area contributed by atoms with E-state index in [9.17, 15) is 9.59 Å². The lowest BCUT2D eigenvalue weighted by Crippen LogP contribution is -2.45. The van der Waals surface area contributed by atoms with Crippen LogP contribution in [0.3, 0.4) is 0 Å². The molecule has 0 aromatic carbocycles. The Morgan fingerprint density at radius 3 is 2.44 bits per heavy atom. The molecular formula is C11H17NO4. The van der Waals surface area contributed by atoms with E-state index < -0.39 is 23.7 Å². The van der Waals surface area contributed by atoms with Gasteiger partial charge in [0.1, 0.15) is 11.6 Å². The van der Waals surface area contributed by atoms with Gasteiger partial charge in [-0.2, -0.15) is 0 Å². The van der Waals surface area contributed by atoms with Crippen molar-refractivity contribution in [3.63, 3.8) is 0 Å². The molecule has 0 aromatic rings. The Labute approximate surface area is 94.4 Å². The Morgan fingerprint density at radius 2 is 1.94 bits per heavy atom.